The maximum atomic E-state index is 10.9. The lowest BCUT2D eigenvalue weighted by Crippen LogP contribution is -1.99. The van der Waals surface area contributed by atoms with E-state index >= 15 is 0 Å². The Morgan fingerprint density at radius 2 is 2.07 bits per heavy atom. The third-order valence-corrected chi connectivity index (χ3v) is 3.57. The van der Waals surface area contributed by atoms with Crippen molar-refractivity contribution < 1.29 is 8.42 Å². The van der Waals surface area contributed by atoms with Gasteiger partial charge < -0.3 is 0 Å². The van der Waals surface area contributed by atoms with Crippen LogP contribution in [-0.2, 0) is 22.0 Å². The van der Waals surface area contributed by atoms with E-state index in [1.807, 2.05) is 0 Å². The lowest BCUT2D eigenvalue weighted by atomic mass is 10.4. The molecule has 0 bridgehead atoms. The zero-order chi connectivity index (χ0) is 10.6. The van der Waals surface area contributed by atoms with Crippen molar-refractivity contribution in [3.63, 3.8) is 0 Å². The maximum absolute atomic E-state index is 10.9. The van der Waals surface area contributed by atoms with Gasteiger partial charge in [-0.25, -0.2) is 8.42 Å². The van der Waals surface area contributed by atoms with E-state index in [9.17, 15) is 8.42 Å². The molecule has 1 aromatic heterocycles. The second-order valence-electron chi connectivity index (χ2n) is 2.86. The minimum absolute atomic E-state index is 0.0255. The molecule has 0 saturated heterocycles. The van der Waals surface area contributed by atoms with Gasteiger partial charge in [0.25, 0.3) is 0 Å². The first-order valence-electron chi connectivity index (χ1n) is 3.94. The molecule has 0 atom stereocenters. The van der Waals surface area contributed by atoms with Gasteiger partial charge in [-0.15, -0.1) is 21.5 Å². The summed E-state index contributed by atoms with van der Waals surface area (Å²) in [5.41, 5.74) is 0. The molecule has 0 aromatic carbocycles. The predicted molar refractivity (Wildman–Crippen MR) is 60.4 cm³/mol. The normalized spacial score (nSPS) is 11.5. The Kier molecular flexibility index (Phi) is 4.09. The highest BCUT2D eigenvalue weighted by Crippen LogP contribution is 2.13. The minimum Gasteiger partial charge on any atom is -0.229 e. The predicted octanol–water partition coefficient (Wildman–Crippen LogP) is 1.01. The van der Waals surface area contributed by atoms with Crippen LogP contribution in [0.4, 0.5) is 0 Å². The molecule has 0 radical (unpaired) electrons. The molecule has 1 aromatic rings. The van der Waals surface area contributed by atoms with Crippen molar-refractivity contribution in [2.45, 2.75) is 18.6 Å². The minimum atomic E-state index is -3.00. The Morgan fingerprint density at radius 1 is 1.43 bits per heavy atom. The smallest absolute Gasteiger partial charge is 0.154 e. The fourth-order valence-electron chi connectivity index (χ4n) is 0.854. The summed E-state index contributed by atoms with van der Waals surface area (Å²) in [4.78, 5) is 0. The van der Waals surface area contributed by atoms with Gasteiger partial charge in [-0.3, -0.25) is 0 Å². The van der Waals surface area contributed by atoms with E-state index < -0.39 is 9.84 Å². The van der Waals surface area contributed by atoms with Gasteiger partial charge in [0.1, 0.15) is 15.8 Å². The summed E-state index contributed by atoms with van der Waals surface area (Å²) < 4.78 is 21.9. The number of hydrogen-bond donors (Lipinski definition) is 0. The fraction of sp³-hybridized carbons (Fsp3) is 0.571. The largest absolute Gasteiger partial charge is 0.229 e. The first kappa shape index (κ1) is 11.7. The molecule has 4 nitrogen and oxygen atoms in total. The quantitative estimate of drug-likeness (QED) is 0.730. The van der Waals surface area contributed by atoms with Crippen LogP contribution in [0.15, 0.2) is 0 Å². The zero-order valence-corrected chi connectivity index (χ0v) is 10.1. The number of thiocarbonyl (C=S) groups is 1. The van der Waals surface area contributed by atoms with Crippen LogP contribution in [0.3, 0.4) is 0 Å². The second-order valence-corrected chi connectivity index (χ2v) is 6.49. The average molecular weight is 250 g/mol. The Hall–Kier alpha value is -0.400. The summed E-state index contributed by atoms with van der Waals surface area (Å²) in [5.74, 6) is -0.0255. The van der Waals surface area contributed by atoms with E-state index in [-0.39, 0.29) is 5.75 Å². The highest BCUT2D eigenvalue weighted by Gasteiger charge is 2.09. The van der Waals surface area contributed by atoms with E-state index in [0.29, 0.717) is 5.01 Å². The molecule has 0 aliphatic carbocycles. The average Bonchev–Trinajstić information content (AvgIpc) is 2.46. The first-order chi connectivity index (χ1) is 6.51. The molecule has 0 saturated carbocycles. The van der Waals surface area contributed by atoms with Gasteiger partial charge in [0.2, 0.25) is 0 Å². The van der Waals surface area contributed by atoms with Gasteiger partial charge >= 0.3 is 0 Å². The van der Waals surface area contributed by atoms with E-state index in [2.05, 4.69) is 22.4 Å². The molecule has 0 spiro atoms. The van der Waals surface area contributed by atoms with Gasteiger partial charge in [0.15, 0.2) is 9.84 Å². The molecule has 0 aliphatic rings. The van der Waals surface area contributed by atoms with Crippen molar-refractivity contribution in [1.29, 1.82) is 0 Å². The molecule has 7 heteroatoms. The number of hydrogen-bond acceptors (Lipinski definition) is 6. The molecule has 0 aliphatic heterocycles. The van der Waals surface area contributed by atoms with Crippen molar-refractivity contribution in [2.24, 2.45) is 0 Å². The van der Waals surface area contributed by atoms with Crippen molar-refractivity contribution in [3.8, 4) is 0 Å². The lowest BCUT2D eigenvalue weighted by molar-refractivity contribution is 0.600. The molecule has 0 unspecified atom stereocenters. The Labute approximate surface area is 92.3 Å². The van der Waals surface area contributed by atoms with Crippen molar-refractivity contribution in [3.05, 3.63) is 10.0 Å². The Balaban J connectivity index is 2.64. The van der Waals surface area contributed by atoms with Crippen LogP contribution in [0.1, 0.15) is 16.4 Å². The monoisotopic (exact) mass is 250 g/mol. The SMILES string of the molecule is CS(=O)(=O)Cc1nnc(CCC=S)s1. The molecule has 14 heavy (non-hydrogen) atoms. The number of sulfone groups is 1. The van der Waals surface area contributed by atoms with Crippen LogP contribution in [0.2, 0.25) is 0 Å². The topological polar surface area (TPSA) is 59.9 Å². The molecule has 0 fully saturated rings. The number of nitrogens with zero attached hydrogens (tertiary/aromatic N) is 2. The van der Waals surface area contributed by atoms with E-state index in [1.165, 1.54) is 17.6 Å². The van der Waals surface area contributed by atoms with Crippen LogP contribution in [0.5, 0.6) is 0 Å². The van der Waals surface area contributed by atoms with Gasteiger partial charge in [-0.1, -0.05) is 12.2 Å². The second kappa shape index (κ2) is 4.90. The van der Waals surface area contributed by atoms with Crippen LogP contribution in [0.25, 0.3) is 0 Å². The summed E-state index contributed by atoms with van der Waals surface area (Å²) in [5, 5.41) is 10.7. The van der Waals surface area contributed by atoms with Crippen molar-refractivity contribution >= 4 is 38.8 Å². The lowest BCUT2D eigenvalue weighted by Gasteiger charge is -1.89. The summed E-state index contributed by atoms with van der Waals surface area (Å²) in [6.07, 6.45) is 2.69. The molecular weight excluding hydrogens is 240 g/mol. The van der Waals surface area contributed by atoms with Crippen molar-refractivity contribution in [1.82, 2.24) is 10.2 Å². The third kappa shape index (κ3) is 4.21. The van der Waals surface area contributed by atoms with E-state index in [0.717, 1.165) is 17.8 Å². The van der Waals surface area contributed by atoms with Crippen LogP contribution in [0, 0.1) is 0 Å². The van der Waals surface area contributed by atoms with Crippen LogP contribution >= 0.6 is 23.6 Å². The number of rotatable bonds is 5. The number of aromatic nitrogens is 2. The molecule has 0 N–H and O–H groups in total. The number of aryl methyl sites for hydroxylation is 1. The van der Waals surface area contributed by atoms with Crippen molar-refractivity contribution in [2.75, 3.05) is 6.26 Å². The summed E-state index contributed by atoms with van der Waals surface area (Å²) in [6, 6.07) is 0. The molecule has 0 amide bonds. The maximum Gasteiger partial charge on any atom is 0.154 e. The van der Waals surface area contributed by atoms with E-state index in [4.69, 9.17) is 0 Å². The van der Waals surface area contributed by atoms with Gasteiger partial charge in [-0.05, 0) is 11.8 Å². The molecular formula is C7H10N2O2S3. The van der Waals surface area contributed by atoms with Crippen LogP contribution in [-0.4, -0.2) is 30.2 Å². The highest BCUT2D eigenvalue weighted by molar-refractivity contribution is 7.90. The first-order valence-corrected chi connectivity index (χ1v) is 7.29. The van der Waals surface area contributed by atoms with E-state index in [1.54, 1.807) is 5.37 Å². The fourth-order valence-corrected chi connectivity index (χ4v) is 3.01. The molecule has 78 valence electrons. The Morgan fingerprint density at radius 3 is 2.64 bits per heavy atom. The summed E-state index contributed by atoms with van der Waals surface area (Å²) in [7, 11) is -3.00. The Bertz CT molecular complexity index is 410. The van der Waals surface area contributed by atoms with Gasteiger partial charge in [-0.2, -0.15) is 0 Å². The van der Waals surface area contributed by atoms with Gasteiger partial charge in [0, 0.05) is 12.7 Å². The standard InChI is InChI=1S/C7H10N2O2S3/c1-14(10,11)5-7-9-8-6(13-7)3-2-4-12/h4H,2-3,5H2,1H3. The molecule has 1 rings (SSSR count). The summed E-state index contributed by atoms with van der Waals surface area (Å²) in [6.45, 7) is 0. The highest BCUT2D eigenvalue weighted by atomic mass is 32.2. The molecule has 1 heterocycles. The van der Waals surface area contributed by atoms with Gasteiger partial charge in [0.05, 0.1) is 0 Å². The zero-order valence-electron chi connectivity index (χ0n) is 7.63. The van der Waals surface area contributed by atoms with Crippen LogP contribution < -0.4 is 0 Å². The third-order valence-electron chi connectivity index (χ3n) is 1.37. The summed E-state index contributed by atoms with van der Waals surface area (Å²) >= 11 is 6.01.